The molecule has 1 saturated heterocycles. The maximum atomic E-state index is 12.7. The van der Waals surface area contributed by atoms with E-state index in [0.717, 1.165) is 32.4 Å². The van der Waals surface area contributed by atoms with Crippen molar-refractivity contribution in [1.29, 1.82) is 0 Å². The zero-order valence-electron chi connectivity index (χ0n) is 14.3. The van der Waals surface area contributed by atoms with Crippen LogP contribution in [0.25, 0.3) is 0 Å². The summed E-state index contributed by atoms with van der Waals surface area (Å²) in [6, 6.07) is 4.96. The average Bonchev–Trinajstić information content (AvgIpc) is 3.25. The molecule has 5 nitrogen and oxygen atoms in total. The normalized spacial score (nSPS) is 17.9. The van der Waals surface area contributed by atoms with Crippen LogP contribution in [0.1, 0.15) is 35.0 Å². The minimum absolute atomic E-state index is 0.189. The van der Waals surface area contributed by atoms with Gasteiger partial charge in [-0.3, -0.25) is 4.79 Å². The van der Waals surface area contributed by atoms with Crippen LogP contribution in [0.15, 0.2) is 29.4 Å². The molecule has 2 aromatic rings. The maximum absolute atomic E-state index is 12.7. The molecule has 2 heterocycles. The van der Waals surface area contributed by atoms with Crippen LogP contribution < -0.4 is 9.54 Å². The first-order valence-electron chi connectivity index (χ1n) is 8.34. The third-order valence-electron chi connectivity index (χ3n) is 4.13. The minimum Gasteiger partial charge on any atom is -0.496 e. The highest BCUT2D eigenvalue weighted by atomic mass is 35.5. The molecule has 0 spiro atoms. The number of carbonyl (C=O) groups excluding carboxylic acids is 1. The first-order chi connectivity index (χ1) is 12.1. The SMILES string of the molecule is CCc1cn(CC2CCCO2)c(=NC(=O)c2cc(Cl)ccc2OC)s1. The van der Waals surface area contributed by atoms with E-state index in [1.54, 1.807) is 18.2 Å². The number of aromatic nitrogens is 1. The van der Waals surface area contributed by atoms with Gasteiger partial charge in [-0.1, -0.05) is 18.5 Å². The monoisotopic (exact) mass is 380 g/mol. The lowest BCUT2D eigenvalue weighted by Crippen LogP contribution is -2.23. The molecule has 1 aliphatic rings. The number of benzene rings is 1. The fourth-order valence-corrected chi connectivity index (χ4v) is 3.92. The van der Waals surface area contributed by atoms with E-state index in [0.29, 0.717) is 21.1 Å². The van der Waals surface area contributed by atoms with E-state index < -0.39 is 0 Å². The lowest BCUT2D eigenvalue weighted by molar-refractivity contribution is 0.0949. The van der Waals surface area contributed by atoms with Crippen LogP contribution in [0.2, 0.25) is 5.02 Å². The van der Waals surface area contributed by atoms with Crippen molar-refractivity contribution in [3.63, 3.8) is 0 Å². The van der Waals surface area contributed by atoms with Crippen LogP contribution in [-0.4, -0.2) is 30.3 Å². The Bertz CT molecular complexity index is 822. The fraction of sp³-hybridized carbons (Fsp3) is 0.444. The molecular weight excluding hydrogens is 360 g/mol. The highest BCUT2D eigenvalue weighted by Crippen LogP contribution is 2.23. The second kappa shape index (κ2) is 8.17. The summed E-state index contributed by atoms with van der Waals surface area (Å²) >= 11 is 7.55. The number of amides is 1. The quantitative estimate of drug-likeness (QED) is 0.794. The molecule has 1 atom stereocenters. The van der Waals surface area contributed by atoms with Gasteiger partial charge in [-0.2, -0.15) is 4.99 Å². The highest BCUT2D eigenvalue weighted by molar-refractivity contribution is 7.09. The Morgan fingerprint density at radius 3 is 3.04 bits per heavy atom. The Morgan fingerprint density at radius 2 is 2.36 bits per heavy atom. The number of aryl methyl sites for hydroxylation is 1. The van der Waals surface area contributed by atoms with Crippen LogP contribution in [-0.2, 0) is 17.7 Å². The van der Waals surface area contributed by atoms with Crippen LogP contribution in [0.4, 0.5) is 0 Å². The van der Waals surface area contributed by atoms with Gasteiger partial charge in [0.25, 0.3) is 5.91 Å². The zero-order chi connectivity index (χ0) is 17.8. The molecule has 1 amide bonds. The standard InChI is InChI=1S/C18H21ClN2O3S/c1-3-14-11-21(10-13-5-4-8-24-13)18(25-14)20-17(22)15-9-12(19)6-7-16(15)23-2/h6-7,9,11,13H,3-5,8,10H2,1-2H3. The van der Waals surface area contributed by atoms with Crippen molar-refractivity contribution in [2.45, 2.75) is 38.8 Å². The molecule has 0 N–H and O–H groups in total. The first-order valence-corrected chi connectivity index (χ1v) is 9.53. The smallest absolute Gasteiger partial charge is 0.283 e. The molecule has 1 aliphatic heterocycles. The third-order valence-corrected chi connectivity index (χ3v) is 5.53. The van der Waals surface area contributed by atoms with Gasteiger partial charge in [0, 0.05) is 22.7 Å². The van der Waals surface area contributed by atoms with Gasteiger partial charge in [0.15, 0.2) is 4.80 Å². The van der Waals surface area contributed by atoms with Crippen molar-refractivity contribution in [3.8, 4) is 5.75 Å². The molecule has 0 saturated carbocycles. The predicted octanol–water partition coefficient (Wildman–Crippen LogP) is 3.69. The Balaban J connectivity index is 1.95. The maximum Gasteiger partial charge on any atom is 0.283 e. The number of hydrogen-bond acceptors (Lipinski definition) is 4. The summed E-state index contributed by atoms with van der Waals surface area (Å²) in [6.07, 6.45) is 5.28. The third kappa shape index (κ3) is 4.32. The number of thiazole rings is 1. The summed E-state index contributed by atoms with van der Waals surface area (Å²) in [5.74, 6) is 0.112. The Morgan fingerprint density at radius 1 is 1.52 bits per heavy atom. The second-order valence-electron chi connectivity index (χ2n) is 5.88. The largest absolute Gasteiger partial charge is 0.496 e. The predicted molar refractivity (Wildman–Crippen MR) is 98.6 cm³/mol. The van der Waals surface area contributed by atoms with Crippen LogP contribution in [0.5, 0.6) is 5.75 Å². The zero-order valence-corrected chi connectivity index (χ0v) is 15.9. The van der Waals surface area contributed by atoms with Gasteiger partial charge in [-0.25, -0.2) is 0 Å². The van der Waals surface area contributed by atoms with E-state index in [2.05, 4.69) is 18.1 Å². The van der Waals surface area contributed by atoms with Crippen molar-refractivity contribution in [2.24, 2.45) is 4.99 Å². The lowest BCUT2D eigenvalue weighted by atomic mass is 10.2. The molecule has 1 unspecified atom stereocenters. The second-order valence-corrected chi connectivity index (χ2v) is 7.41. The van der Waals surface area contributed by atoms with E-state index in [1.807, 2.05) is 4.57 Å². The summed E-state index contributed by atoms with van der Waals surface area (Å²) in [4.78, 5) is 18.9. The summed E-state index contributed by atoms with van der Waals surface area (Å²) in [6.45, 7) is 3.62. The van der Waals surface area contributed by atoms with Crippen molar-refractivity contribution < 1.29 is 14.3 Å². The first kappa shape index (κ1) is 18.2. The minimum atomic E-state index is -0.357. The number of nitrogens with zero attached hydrogens (tertiary/aromatic N) is 2. The molecule has 0 aliphatic carbocycles. The number of hydrogen-bond donors (Lipinski definition) is 0. The number of halogens is 1. The summed E-state index contributed by atoms with van der Waals surface area (Å²) in [5, 5.41) is 0.479. The molecule has 0 bridgehead atoms. The van der Waals surface area contributed by atoms with Crippen LogP contribution in [0.3, 0.4) is 0 Å². The van der Waals surface area contributed by atoms with E-state index in [4.69, 9.17) is 21.1 Å². The molecule has 1 fully saturated rings. The number of ether oxygens (including phenoxy) is 2. The Hall–Kier alpha value is -1.63. The Labute approximate surface area is 155 Å². The van der Waals surface area contributed by atoms with Gasteiger partial charge in [0.2, 0.25) is 0 Å². The van der Waals surface area contributed by atoms with Crippen molar-refractivity contribution in [2.75, 3.05) is 13.7 Å². The molecule has 7 heteroatoms. The van der Waals surface area contributed by atoms with Gasteiger partial charge < -0.3 is 14.0 Å². The van der Waals surface area contributed by atoms with E-state index in [-0.39, 0.29) is 12.0 Å². The number of carbonyl (C=O) groups is 1. The van der Waals surface area contributed by atoms with Crippen LogP contribution in [0, 0.1) is 0 Å². The number of rotatable bonds is 5. The van der Waals surface area contributed by atoms with Gasteiger partial charge >= 0.3 is 0 Å². The molecule has 1 aromatic heterocycles. The van der Waals surface area contributed by atoms with Gasteiger partial charge in [-0.05, 0) is 37.5 Å². The number of methoxy groups -OCH3 is 1. The van der Waals surface area contributed by atoms with Crippen molar-refractivity contribution >= 4 is 28.8 Å². The lowest BCUT2D eigenvalue weighted by Gasteiger charge is -2.10. The molecule has 25 heavy (non-hydrogen) atoms. The average molecular weight is 381 g/mol. The molecule has 134 valence electrons. The van der Waals surface area contributed by atoms with E-state index in [9.17, 15) is 4.79 Å². The summed E-state index contributed by atoms with van der Waals surface area (Å²) in [5.41, 5.74) is 0.366. The van der Waals surface area contributed by atoms with Crippen molar-refractivity contribution in [1.82, 2.24) is 4.57 Å². The fourth-order valence-electron chi connectivity index (χ4n) is 2.81. The molecular formula is C18H21ClN2O3S. The van der Waals surface area contributed by atoms with E-state index in [1.165, 1.54) is 23.3 Å². The van der Waals surface area contributed by atoms with Gasteiger partial charge in [0.1, 0.15) is 5.75 Å². The van der Waals surface area contributed by atoms with Crippen LogP contribution >= 0.6 is 22.9 Å². The highest BCUT2D eigenvalue weighted by Gasteiger charge is 2.18. The molecule has 1 aromatic carbocycles. The molecule has 0 radical (unpaired) electrons. The van der Waals surface area contributed by atoms with E-state index >= 15 is 0 Å². The molecule has 3 rings (SSSR count). The Kier molecular flexibility index (Phi) is 5.93. The van der Waals surface area contributed by atoms with Gasteiger partial charge in [-0.15, -0.1) is 11.3 Å². The summed E-state index contributed by atoms with van der Waals surface area (Å²) in [7, 11) is 1.53. The topological polar surface area (TPSA) is 52.8 Å². The summed E-state index contributed by atoms with van der Waals surface area (Å²) < 4.78 is 13.0. The van der Waals surface area contributed by atoms with Crippen molar-refractivity contribution in [3.05, 3.63) is 44.7 Å². The van der Waals surface area contributed by atoms with Gasteiger partial charge in [0.05, 0.1) is 25.3 Å².